The summed E-state index contributed by atoms with van der Waals surface area (Å²) < 4.78 is 32.7. The number of amides is 1. The molecule has 2 saturated heterocycles. The highest BCUT2D eigenvalue weighted by atomic mass is 32.2. The molecular weight excluding hydrogens is 402 g/mol. The monoisotopic (exact) mass is 429 g/mol. The Kier molecular flexibility index (Phi) is 5.97. The summed E-state index contributed by atoms with van der Waals surface area (Å²) in [6.07, 6.45) is 1.74. The van der Waals surface area contributed by atoms with Crippen LogP contribution in [0, 0.1) is 0 Å². The van der Waals surface area contributed by atoms with Crippen LogP contribution in [0.2, 0.25) is 0 Å². The van der Waals surface area contributed by atoms with Crippen LogP contribution >= 0.6 is 0 Å². The number of nitrogens with zero attached hydrogens (tertiary/aromatic N) is 3. The number of piperazine rings is 1. The topological polar surface area (TPSA) is 70.2 Å². The first-order chi connectivity index (χ1) is 14.5. The molecular formula is C22H27N3O4S. The third-order valence-electron chi connectivity index (χ3n) is 5.79. The molecule has 2 aliphatic heterocycles. The summed E-state index contributed by atoms with van der Waals surface area (Å²) in [5.74, 6) is 0.198. The minimum absolute atomic E-state index is 0.150. The van der Waals surface area contributed by atoms with Crippen molar-refractivity contribution in [2.24, 2.45) is 0 Å². The molecule has 0 N–H and O–H groups in total. The van der Waals surface area contributed by atoms with E-state index in [0.717, 1.165) is 31.6 Å². The van der Waals surface area contributed by atoms with Gasteiger partial charge in [-0.2, -0.15) is 4.31 Å². The Labute approximate surface area is 177 Å². The maximum absolute atomic E-state index is 13.2. The standard InChI is InChI=1S/C22H27N3O4S/c1-29-21-10-9-19(30(27,28)25-11-5-6-12-25)17-20(21)22(26)24-15-13-23(14-16-24)18-7-3-2-4-8-18/h2-4,7-10,17H,5-6,11-16H2,1H3. The number of carbonyl (C=O) groups is 1. The van der Waals surface area contributed by atoms with Gasteiger partial charge in [0.25, 0.3) is 5.91 Å². The fraction of sp³-hybridized carbons (Fsp3) is 0.409. The third kappa shape index (κ3) is 4.02. The van der Waals surface area contributed by atoms with Crippen LogP contribution in [0.1, 0.15) is 23.2 Å². The van der Waals surface area contributed by atoms with Gasteiger partial charge < -0.3 is 14.5 Å². The first kappa shape index (κ1) is 20.7. The van der Waals surface area contributed by atoms with Crippen molar-refractivity contribution < 1.29 is 17.9 Å². The summed E-state index contributed by atoms with van der Waals surface area (Å²) in [5, 5.41) is 0. The lowest BCUT2D eigenvalue weighted by Crippen LogP contribution is -2.48. The molecule has 30 heavy (non-hydrogen) atoms. The molecule has 2 fully saturated rings. The molecule has 2 heterocycles. The van der Waals surface area contributed by atoms with Crippen LogP contribution in [-0.2, 0) is 10.0 Å². The summed E-state index contributed by atoms with van der Waals surface area (Å²) in [6.45, 7) is 3.64. The van der Waals surface area contributed by atoms with Crippen LogP contribution in [0.5, 0.6) is 5.75 Å². The van der Waals surface area contributed by atoms with Crippen LogP contribution < -0.4 is 9.64 Å². The number of sulfonamides is 1. The number of para-hydroxylation sites is 1. The average Bonchev–Trinajstić information content (AvgIpc) is 3.35. The van der Waals surface area contributed by atoms with E-state index in [1.54, 1.807) is 11.0 Å². The maximum Gasteiger partial charge on any atom is 0.257 e. The van der Waals surface area contributed by atoms with E-state index in [-0.39, 0.29) is 10.8 Å². The number of methoxy groups -OCH3 is 1. The van der Waals surface area contributed by atoms with Gasteiger partial charge in [0, 0.05) is 45.0 Å². The Morgan fingerprint density at radius 2 is 1.57 bits per heavy atom. The smallest absolute Gasteiger partial charge is 0.257 e. The molecule has 0 bridgehead atoms. The SMILES string of the molecule is COc1ccc(S(=O)(=O)N2CCCC2)cc1C(=O)N1CCN(c2ccccc2)CC1. The van der Waals surface area contributed by atoms with Gasteiger partial charge in [0.05, 0.1) is 17.6 Å². The second kappa shape index (κ2) is 8.65. The van der Waals surface area contributed by atoms with Gasteiger partial charge in [-0.25, -0.2) is 8.42 Å². The molecule has 0 saturated carbocycles. The molecule has 0 unspecified atom stereocenters. The number of rotatable bonds is 5. The Morgan fingerprint density at radius 3 is 2.20 bits per heavy atom. The van der Waals surface area contributed by atoms with E-state index in [9.17, 15) is 13.2 Å². The van der Waals surface area contributed by atoms with Crippen molar-refractivity contribution in [3.63, 3.8) is 0 Å². The molecule has 4 rings (SSSR count). The molecule has 1 amide bonds. The van der Waals surface area contributed by atoms with Gasteiger partial charge >= 0.3 is 0 Å². The normalized spacial score (nSPS) is 17.9. The zero-order valence-electron chi connectivity index (χ0n) is 17.2. The van der Waals surface area contributed by atoms with Crippen LogP contribution in [-0.4, -0.2) is 69.9 Å². The van der Waals surface area contributed by atoms with Gasteiger partial charge in [-0.3, -0.25) is 4.79 Å². The molecule has 0 radical (unpaired) electrons. The van der Waals surface area contributed by atoms with E-state index in [1.807, 2.05) is 18.2 Å². The van der Waals surface area contributed by atoms with Crippen molar-refractivity contribution in [1.82, 2.24) is 9.21 Å². The predicted octanol–water partition coefficient (Wildman–Crippen LogP) is 2.44. The number of hydrogen-bond acceptors (Lipinski definition) is 5. The fourth-order valence-corrected chi connectivity index (χ4v) is 5.61. The molecule has 7 nitrogen and oxygen atoms in total. The summed E-state index contributed by atoms with van der Waals surface area (Å²) >= 11 is 0. The van der Waals surface area contributed by atoms with Crippen molar-refractivity contribution in [2.45, 2.75) is 17.7 Å². The van der Waals surface area contributed by atoms with E-state index in [1.165, 1.54) is 23.5 Å². The molecule has 0 aliphatic carbocycles. The van der Waals surface area contributed by atoms with Crippen molar-refractivity contribution >= 4 is 21.6 Å². The van der Waals surface area contributed by atoms with E-state index in [4.69, 9.17) is 4.74 Å². The van der Waals surface area contributed by atoms with Gasteiger partial charge in [0.2, 0.25) is 10.0 Å². The summed E-state index contributed by atoms with van der Waals surface area (Å²) in [7, 11) is -2.10. The van der Waals surface area contributed by atoms with Gasteiger partial charge in [-0.15, -0.1) is 0 Å². The van der Waals surface area contributed by atoms with Crippen molar-refractivity contribution in [2.75, 3.05) is 51.3 Å². The molecule has 0 spiro atoms. The highest BCUT2D eigenvalue weighted by molar-refractivity contribution is 7.89. The maximum atomic E-state index is 13.2. The Bertz CT molecular complexity index is 996. The average molecular weight is 430 g/mol. The molecule has 2 aromatic carbocycles. The second-order valence-corrected chi connectivity index (χ2v) is 9.53. The van der Waals surface area contributed by atoms with Crippen LogP contribution in [0.15, 0.2) is 53.4 Å². The van der Waals surface area contributed by atoms with E-state index in [0.29, 0.717) is 37.5 Å². The van der Waals surface area contributed by atoms with Crippen LogP contribution in [0.25, 0.3) is 0 Å². The lowest BCUT2D eigenvalue weighted by atomic mass is 10.1. The fourth-order valence-electron chi connectivity index (χ4n) is 4.07. The number of hydrogen-bond donors (Lipinski definition) is 0. The molecule has 0 aromatic heterocycles. The molecule has 2 aliphatic rings. The first-order valence-electron chi connectivity index (χ1n) is 10.3. The Hall–Kier alpha value is -2.58. The van der Waals surface area contributed by atoms with E-state index in [2.05, 4.69) is 17.0 Å². The van der Waals surface area contributed by atoms with Crippen LogP contribution in [0.4, 0.5) is 5.69 Å². The summed E-state index contributed by atoms with van der Waals surface area (Å²) in [5.41, 5.74) is 1.44. The number of anilines is 1. The second-order valence-electron chi connectivity index (χ2n) is 7.59. The predicted molar refractivity (Wildman–Crippen MR) is 116 cm³/mol. The van der Waals surface area contributed by atoms with Gasteiger partial charge in [-0.1, -0.05) is 18.2 Å². The quantitative estimate of drug-likeness (QED) is 0.730. The van der Waals surface area contributed by atoms with Crippen LogP contribution in [0.3, 0.4) is 0 Å². The minimum atomic E-state index is -3.60. The van der Waals surface area contributed by atoms with Crippen molar-refractivity contribution in [1.29, 1.82) is 0 Å². The lowest BCUT2D eigenvalue weighted by Gasteiger charge is -2.36. The molecule has 2 aromatic rings. The minimum Gasteiger partial charge on any atom is -0.496 e. The van der Waals surface area contributed by atoms with Gasteiger partial charge in [0.15, 0.2) is 0 Å². The lowest BCUT2D eigenvalue weighted by molar-refractivity contribution is 0.0743. The number of carbonyl (C=O) groups excluding carboxylic acids is 1. The van der Waals surface area contributed by atoms with Crippen molar-refractivity contribution in [3.05, 3.63) is 54.1 Å². The third-order valence-corrected chi connectivity index (χ3v) is 7.69. The summed E-state index contributed by atoms with van der Waals surface area (Å²) in [6, 6.07) is 14.7. The first-order valence-corrected chi connectivity index (χ1v) is 11.7. The Morgan fingerprint density at radius 1 is 0.900 bits per heavy atom. The molecule has 0 atom stereocenters. The largest absolute Gasteiger partial charge is 0.496 e. The van der Waals surface area contributed by atoms with Crippen molar-refractivity contribution in [3.8, 4) is 5.75 Å². The number of ether oxygens (including phenoxy) is 1. The Balaban J connectivity index is 1.53. The molecule has 160 valence electrons. The highest BCUT2D eigenvalue weighted by Crippen LogP contribution is 2.28. The van der Waals surface area contributed by atoms with E-state index < -0.39 is 10.0 Å². The van der Waals surface area contributed by atoms with E-state index >= 15 is 0 Å². The van der Waals surface area contributed by atoms with Gasteiger partial charge in [-0.05, 0) is 43.2 Å². The molecule has 8 heteroatoms. The number of benzene rings is 2. The zero-order valence-corrected chi connectivity index (χ0v) is 18.0. The summed E-state index contributed by atoms with van der Waals surface area (Å²) in [4.78, 5) is 17.4. The highest BCUT2D eigenvalue weighted by Gasteiger charge is 2.30. The van der Waals surface area contributed by atoms with Gasteiger partial charge in [0.1, 0.15) is 5.75 Å². The zero-order chi connectivity index (χ0) is 21.1.